The molecule has 6 fully saturated rings. The van der Waals surface area contributed by atoms with E-state index in [0.717, 1.165) is 122 Å². The third-order valence-electron chi connectivity index (χ3n) is 16.8. The van der Waals surface area contributed by atoms with Crippen molar-refractivity contribution in [1.29, 1.82) is 0 Å². The van der Waals surface area contributed by atoms with E-state index in [1.165, 1.54) is 12.5 Å². The maximum Gasteiger partial charge on any atom is 0.262 e. The van der Waals surface area contributed by atoms with Gasteiger partial charge in [0, 0.05) is 71.4 Å². The highest BCUT2D eigenvalue weighted by atomic mass is 19.1. The van der Waals surface area contributed by atoms with Crippen LogP contribution in [0.3, 0.4) is 0 Å². The second-order valence-electron chi connectivity index (χ2n) is 21.8. The van der Waals surface area contributed by atoms with Crippen LogP contribution in [-0.4, -0.2) is 166 Å². The normalized spacial score (nSPS) is 22.4. The highest BCUT2D eigenvalue weighted by Crippen LogP contribution is 2.35. The van der Waals surface area contributed by atoms with E-state index in [4.69, 9.17) is 6.48 Å². The van der Waals surface area contributed by atoms with Gasteiger partial charge in [-0.2, -0.15) is 0 Å². The number of benzene rings is 3. The van der Waals surface area contributed by atoms with Crippen molar-refractivity contribution in [2.24, 2.45) is 17.8 Å². The molecule has 9 heterocycles. The summed E-state index contributed by atoms with van der Waals surface area (Å²) in [6.45, 7) is 10.7. The van der Waals surface area contributed by atoms with Gasteiger partial charge in [-0.25, -0.2) is 4.39 Å². The molecule has 86 heavy (non-hydrogen) atoms. The number of piperidine rings is 6. The summed E-state index contributed by atoms with van der Waals surface area (Å²) in [5, 5.41) is 27.7. The second-order valence-corrected chi connectivity index (χ2v) is 21.8. The van der Waals surface area contributed by atoms with Crippen LogP contribution in [0.25, 0.3) is 0 Å². The number of nitrogens with one attached hydrogen (secondary N) is 4. The first-order chi connectivity index (χ1) is 40.8. The smallest absolute Gasteiger partial charge is 0.262 e. The summed E-state index contributed by atoms with van der Waals surface area (Å²) < 4.78 is 19.4. The maximum absolute atomic E-state index is 13.2. The van der Waals surface area contributed by atoms with Crippen molar-refractivity contribution < 1.29 is 73.5 Å². The lowest BCUT2D eigenvalue weighted by atomic mass is 9.94. The molecule has 6 saturated heterocycles. The first-order valence-electron chi connectivity index (χ1n) is 29.5. The highest BCUT2D eigenvalue weighted by molar-refractivity contribution is 6.25. The molecule has 12 amide bonds. The predicted molar refractivity (Wildman–Crippen MR) is 314 cm³/mol. The van der Waals surface area contributed by atoms with E-state index in [0.29, 0.717) is 47.6 Å². The zero-order valence-electron chi connectivity index (χ0n) is 48.1. The van der Waals surface area contributed by atoms with Crippen LogP contribution in [0.2, 0.25) is 0 Å². The number of hydrogen-bond donors (Lipinski definition) is 6. The second kappa shape index (κ2) is 29.8. The Kier molecular flexibility index (Phi) is 22.7. The summed E-state index contributed by atoms with van der Waals surface area (Å²) in [6, 6.07) is 10.9. The molecular weight excluding hydrogens is 1110 g/mol. The van der Waals surface area contributed by atoms with Gasteiger partial charge in [0.25, 0.3) is 35.4 Å². The minimum Gasteiger partial charge on any atom is -0.396 e. The van der Waals surface area contributed by atoms with Crippen molar-refractivity contribution in [3.05, 3.63) is 93.8 Å². The summed E-state index contributed by atoms with van der Waals surface area (Å²) in [7, 11) is 0. The summed E-state index contributed by atoms with van der Waals surface area (Å²) in [5.41, 5.74) is 3.08. The number of carbonyl (C=O) groups is 12. The fraction of sp³-hybridized carbons (Fsp3) is 0.516. The van der Waals surface area contributed by atoms with Gasteiger partial charge >= 0.3 is 0 Å². The Bertz CT molecular complexity index is 3000. The lowest BCUT2D eigenvalue weighted by Gasteiger charge is -2.33. The van der Waals surface area contributed by atoms with Gasteiger partial charge in [0.2, 0.25) is 35.4 Å². The van der Waals surface area contributed by atoms with Crippen molar-refractivity contribution in [2.45, 2.75) is 137 Å². The molecule has 9 aliphatic rings. The van der Waals surface area contributed by atoms with Gasteiger partial charge in [-0.15, -0.1) is 0 Å². The van der Waals surface area contributed by atoms with Crippen LogP contribution in [-0.2, 0) is 28.8 Å². The summed E-state index contributed by atoms with van der Waals surface area (Å²) in [4.78, 5) is 152. The van der Waals surface area contributed by atoms with E-state index < -0.39 is 83.0 Å². The van der Waals surface area contributed by atoms with E-state index in [-0.39, 0.29) is 82.9 Å². The molecule has 3 aromatic rings. The molecule has 9 aliphatic heterocycles. The number of fused-ring (bicyclic) bond motifs is 3. The fourth-order valence-electron chi connectivity index (χ4n) is 11.8. The topological polar surface area (TPSA) is 310 Å². The van der Waals surface area contributed by atoms with Crippen molar-refractivity contribution in [2.75, 3.05) is 62.3 Å². The maximum atomic E-state index is 13.2. The molecule has 0 aliphatic carbocycles. The Morgan fingerprint density at radius 3 is 1.10 bits per heavy atom. The molecule has 3 atom stereocenters. The summed E-state index contributed by atoms with van der Waals surface area (Å²) in [6.07, 6.45) is 8.19. The average molecular weight is 1200 g/mol. The highest BCUT2D eigenvalue weighted by Gasteiger charge is 2.48. The molecular formula is C62H80FN9O14. The van der Waals surface area contributed by atoms with Crippen molar-refractivity contribution >= 4 is 82.3 Å². The van der Waals surface area contributed by atoms with Crippen LogP contribution in [0.15, 0.2) is 54.6 Å². The van der Waals surface area contributed by atoms with Gasteiger partial charge < -0.3 is 25.3 Å². The number of anilines is 2. The van der Waals surface area contributed by atoms with Gasteiger partial charge in [0.15, 0.2) is 0 Å². The van der Waals surface area contributed by atoms with Crippen LogP contribution in [0.4, 0.5) is 15.8 Å². The Balaban J connectivity index is 0.000000191. The zero-order chi connectivity index (χ0) is 61.2. The molecule has 23 nitrogen and oxygen atoms in total. The Morgan fingerprint density at radius 2 is 0.779 bits per heavy atom. The third-order valence-corrected chi connectivity index (χ3v) is 16.8. The number of amides is 12. The molecule has 0 saturated carbocycles. The molecule has 0 radical (unpaired) electrons. The van der Waals surface area contributed by atoms with E-state index in [1.807, 2.05) is 12.1 Å². The number of aliphatic hydroxyl groups is 2. The fourth-order valence-corrected chi connectivity index (χ4v) is 11.8. The number of imide groups is 6. The standard InChI is InChI=1S/C20H23N3O4.C19H21N3O5.C13H9FN2O4.C6H13NO.C2H6.2CH4/c1-2-12-7-9-22(10-8-12)13-3-4-14-15(11-13)20(27)23(19(14)26)16-5-6-17(24)21-18(16)25;23-10-11-5-7-21(8-6-11)12-1-2-13-14(9-12)19(27)22(18(13)26)15-3-4-16(24)20-17(15)25;14-6-1-2-7-8(5-6)13(20)16(12(7)19)9-3-4-10(17)15-11(9)18;8-5-6-1-3-7-4-2-6;1-2;;/h3-4,11-12,16H,2,5-10H2,1H3,(H,21,24,25);1-2,9,11,15,23H,3-8,10H2,(H,20,24,25);1-2,5,9H,3-4H2,(H,15,17,18);6-8H,1-5H2;1-2H3;2*1H4/i;;;;1D;;. The first-order valence-corrected chi connectivity index (χ1v) is 28.8. The van der Waals surface area contributed by atoms with Gasteiger partial charge in [-0.05, 0) is 143 Å². The Labute approximate surface area is 501 Å². The Morgan fingerprint density at radius 1 is 0.465 bits per heavy atom. The van der Waals surface area contributed by atoms with Gasteiger partial charge in [-0.3, -0.25) is 88.2 Å². The number of aliphatic hydroxyl groups excluding tert-OH is 2. The van der Waals surface area contributed by atoms with Crippen LogP contribution < -0.4 is 31.1 Å². The molecule has 0 spiro atoms. The minimum absolute atomic E-state index is 0. The van der Waals surface area contributed by atoms with Crippen molar-refractivity contribution in [1.82, 2.24) is 36.0 Å². The lowest BCUT2D eigenvalue weighted by Crippen LogP contribution is -2.54. The van der Waals surface area contributed by atoms with Crippen molar-refractivity contribution in [3.63, 3.8) is 0 Å². The summed E-state index contributed by atoms with van der Waals surface area (Å²) in [5.74, 6) is -5.29. The van der Waals surface area contributed by atoms with Gasteiger partial charge in [0.1, 0.15) is 23.9 Å². The quantitative estimate of drug-likeness (QED) is 0.169. The molecule has 0 bridgehead atoms. The first kappa shape index (κ1) is 65.5. The molecule has 6 N–H and O–H groups in total. The number of carbonyl (C=O) groups excluding carboxylic acids is 12. The van der Waals surface area contributed by atoms with Crippen LogP contribution in [0.5, 0.6) is 0 Å². The van der Waals surface area contributed by atoms with Crippen LogP contribution in [0.1, 0.15) is 183 Å². The van der Waals surface area contributed by atoms with Gasteiger partial charge in [0.05, 0.1) is 33.4 Å². The average Bonchev–Trinajstić information content (AvgIpc) is 1.69. The van der Waals surface area contributed by atoms with Gasteiger partial charge in [-0.1, -0.05) is 42.0 Å². The number of hydrogen-bond acceptors (Lipinski definition) is 17. The van der Waals surface area contributed by atoms with E-state index in [2.05, 4.69) is 38.0 Å². The molecule has 24 heteroatoms. The molecule has 3 aromatic carbocycles. The van der Waals surface area contributed by atoms with Crippen LogP contribution in [0, 0.1) is 23.6 Å². The minimum atomic E-state index is -1.02. The number of nitrogens with zero attached hydrogens (tertiary/aromatic N) is 5. The number of rotatable bonds is 8. The molecule has 464 valence electrons. The summed E-state index contributed by atoms with van der Waals surface area (Å²) >= 11 is 0. The zero-order valence-corrected chi connectivity index (χ0v) is 47.1. The monoisotopic (exact) mass is 1190 g/mol. The van der Waals surface area contributed by atoms with E-state index in [1.54, 1.807) is 31.2 Å². The SMILES string of the molecule is C.C.CCC1CCN(c2ccc3c(c2)C(=O)N(C2CCC(=O)NC2=O)C3=O)CC1.O=C1CCC(N2C(=O)c3ccc(F)cc3C2=O)C(=O)N1.O=C1CCC(N2C(=O)c3ccc(N4CCC(CO)CC4)cc3C2=O)C(=O)N1.OCC1CCNCC1.[2H]CC. The van der Waals surface area contributed by atoms with Crippen LogP contribution >= 0.6 is 0 Å². The van der Waals surface area contributed by atoms with Crippen molar-refractivity contribution in [3.8, 4) is 0 Å². The van der Waals surface area contributed by atoms with E-state index in [9.17, 15) is 67.0 Å². The third kappa shape index (κ3) is 14.4. The lowest BCUT2D eigenvalue weighted by molar-refractivity contribution is -0.137. The molecule has 3 unspecified atom stereocenters. The Hall–Kier alpha value is -8.09. The molecule has 0 aromatic heterocycles. The predicted octanol–water partition coefficient (Wildman–Crippen LogP) is 4.51. The largest absolute Gasteiger partial charge is 0.396 e. The molecule has 12 rings (SSSR count). The van der Waals surface area contributed by atoms with E-state index >= 15 is 0 Å². The number of halogens is 1.